The van der Waals surface area contributed by atoms with E-state index in [0.29, 0.717) is 0 Å². The third-order valence-corrected chi connectivity index (χ3v) is 2.57. The topological polar surface area (TPSA) is 93.1 Å². The van der Waals surface area contributed by atoms with Crippen molar-refractivity contribution < 1.29 is 29.3 Å². The largest absolute Gasteiger partial charge is 0.394 e. The highest BCUT2D eigenvalue weighted by molar-refractivity contribution is 6.36. The Labute approximate surface area is 115 Å². The van der Waals surface area contributed by atoms with E-state index < -0.39 is 35.5 Å². The fraction of sp³-hybridized carbons (Fsp3) is 0.800. The van der Waals surface area contributed by atoms with Crippen LogP contribution in [-0.2, 0) is 19.1 Å². The van der Waals surface area contributed by atoms with Crippen molar-refractivity contribution in [3.63, 3.8) is 0 Å². The molecule has 0 atom stereocenters. The molecule has 0 saturated carbocycles. The first-order chi connectivity index (χ1) is 8.52. The summed E-state index contributed by atoms with van der Waals surface area (Å²) in [6, 6.07) is 0. The maximum Gasteiger partial charge on any atom is 0.207 e. The van der Waals surface area contributed by atoms with Gasteiger partial charge in [-0.25, -0.2) is 0 Å². The van der Waals surface area contributed by atoms with Gasteiger partial charge in [0.2, 0.25) is 5.60 Å². The van der Waals surface area contributed by atoms with Crippen LogP contribution in [0.4, 0.5) is 0 Å². The van der Waals surface area contributed by atoms with Crippen molar-refractivity contribution in [2.24, 2.45) is 0 Å². The quantitative estimate of drug-likeness (QED) is 0.300. The SMILES string of the molecule is O=C(CCl)C(O)(COCCOCCO)C(=O)CCl. The molecule has 0 aromatic rings. The van der Waals surface area contributed by atoms with Crippen LogP contribution in [0.2, 0.25) is 0 Å². The number of ether oxygens (including phenoxy) is 2. The van der Waals surface area contributed by atoms with E-state index in [4.69, 9.17) is 37.8 Å². The van der Waals surface area contributed by atoms with Crippen molar-refractivity contribution in [1.29, 1.82) is 0 Å². The second kappa shape index (κ2) is 9.66. The summed E-state index contributed by atoms with van der Waals surface area (Å²) in [5.74, 6) is -2.73. The van der Waals surface area contributed by atoms with Gasteiger partial charge in [-0.1, -0.05) is 0 Å². The molecule has 2 N–H and O–H groups in total. The van der Waals surface area contributed by atoms with Gasteiger partial charge in [-0.3, -0.25) is 9.59 Å². The molecule has 0 amide bonds. The van der Waals surface area contributed by atoms with Crippen LogP contribution in [0.1, 0.15) is 0 Å². The monoisotopic (exact) mass is 302 g/mol. The summed E-state index contributed by atoms with van der Waals surface area (Å²) in [5, 5.41) is 18.3. The molecule has 106 valence electrons. The van der Waals surface area contributed by atoms with Crippen LogP contribution in [0.3, 0.4) is 0 Å². The summed E-state index contributed by atoms with van der Waals surface area (Å²) in [4.78, 5) is 22.8. The average Bonchev–Trinajstić information content (AvgIpc) is 2.40. The number of halogens is 2. The smallest absolute Gasteiger partial charge is 0.207 e. The number of hydrogen-bond acceptors (Lipinski definition) is 6. The van der Waals surface area contributed by atoms with Gasteiger partial charge in [0.05, 0.1) is 44.8 Å². The van der Waals surface area contributed by atoms with Gasteiger partial charge >= 0.3 is 0 Å². The Morgan fingerprint density at radius 3 is 1.94 bits per heavy atom. The van der Waals surface area contributed by atoms with E-state index >= 15 is 0 Å². The Morgan fingerprint density at radius 2 is 1.50 bits per heavy atom. The summed E-state index contributed by atoms with van der Waals surface area (Å²) >= 11 is 10.6. The van der Waals surface area contributed by atoms with Crippen molar-refractivity contribution in [3.8, 4) is 0 Å². The molecule has 8 heteroatoms. The van der Waals surface area contributed by atoms with Gasteiger partial charge in [0.15, 0.2) is 11.6 Å². The van der Waals surface area contributed by atoms with Gasteiger partial charge in [-0.15, -0.1) is 23.2 Å². The first-order valence-corrected chi connectivity index (χ1v) is 6.27. The lowest BCUT2D eigenvalue weighted by Crippen LogP contribution is -2.52. The Kier molecular flexibility index (Phi) is 9.53. The second-order valence-electron chi connectivity index (χ2n) is 3.36. The number of aliphatic hydroxyl groups excluding tert-OH is 1. The number of rotatable bonds is 11. The van der Waals surface area contributed by atoms with E-state index in [1.54, 1.807) is 0 Å². The molecule has 6 nitrogen and oxygen atoms in total. The van der Waals surface area contributed by atoms with E-state index in [2.05, 4.69) is 0 Å². The highest BCUT2D eigenvalue weighted by Crippen LogP contribution is 2.11. The molecule has 18 heavy (non-hydrogen) atoms. The number of aliphatic hydroxyl groups is 2. The number of Topliss-reactive ketones (excluding diaryl/α,β-unsaturated/α-hetero) is 2. The third-order valence-electron chi connectivity index (χ3n) is 2.08. The zero-order valence-corrected chi connectivity index (χ0v) is 11.2. The summed E-state index contributed by atoms with van der Waals surface area (Å²) in [5.41, 5.74) is -2.31. The first kappa shape index (κ1) is 17.8. The maximum absolute atomic E-state index is 11.4. The lowest BCUT2D eigenvalue weighted by molar-refractivity contribution is -0.155. The Morgan fingerprint density at radius 1 is 1.00 bits per heavy atom. The van der Waals surface area contributed by atoms with E-state index in [9.17, 15) is 14.7 Å². The molecule has 0 aliphatic heterocycles. The van der Waals surface area contributed by atoms with Crippen molar-refractivity contribution in [2.45, 2.75) is 5.60 Å². The van der Waals surface area contributed by atoms with Gasteiger partial charge in [0, 0.05) is 0 Å². The highest BCUT2D eigenvalue weighted by Gasteiger charge is 2.42. The lowest BCUT2D eigenvalue weighted by atomic mass is 9.96. The fourth-order valence-electron chi connectivity index (χ4n) is 1.04. The van der Waals surface area contributed by atoms with Crippen LogP contribution in [0.25, 0.3) is 0 Å². The Hall–Kier alpha value is -0.240. The molecule has 0 radical (unpaired) electrons. The number of ketones is 2. The molecular weight excluding hydrogens is 287 g/mol. The van der Waals surface area contributed by atoms with Crippen LogP contribution in [0.15, 0.2) is 0 Å². The van der Waals surface area contributed by atoms with Crippen molar-refractivity contribution in [3.05, 3.63) is 0 Å². The Bertz CT molecular complexity index is 255. The summed E-state index contributed by atoms with van der Waals surface area (Å²) in [6.45, 7) is -0.241. The molecular formula is C10H16Cl2O6. The molecule has 0 unspecified atom stereocenters. The predicted molar refractivity (Wildman–Crippen MR) is 65.1 cm³/mol. The minimum Gasteiger partial charge on any atom is -0.394 e. The molecule has 0 aliphatic carbocycles. The zero-order valence-electron chi connectivity index (χ0n) is 9.73. The van der Waals surface area contributed by atoms with Crippen molar-refractivity contribution in [2.75, 3.05) is 44.8 Å². The van der Waals surface area contributed by atoms with Crippen LogP contribution >= 0.6 is 23.2 Å². The molecule has 0 saturated heterocycles. The van der Waals surface area contributed by atoms with Gasteiger partial charge in [-0.05, 0) is 0 Å². The predicted octanol–water partition coefficient (Wildman–Crippen LogP) is -0.641. The summed E-state index contributed by atoms with van der Waals surface area (Å²) < 4.78 is 9.87. The summed E-state index contributed by atoms with van der Waals surface area (Å²) in [6.07, 6.45) is 0. The molecule has 0 heterocycles. The zero-order chi connectivity index (χ0) is 14.0. The normalized spacial score (nSPS) is 11.6. The van der Waals surface area contributed by atoms with Crippen LogP contribution in [-0.4, -0.2) is 72.2 Å². The molecule has 0 aromatic heterocycles. The third kappa shape index (κ3) is 5.60. The molecule has 0 aliphatic rings. The molecule has 0 rings (SSSR count). The minimum absolute atomic E-state index is 0.0629. The van der Waals surface area contributed by atoms with Crippen LogP contribution in [0, 0.1) is 0 Å². The fourth-order valence-corrected chi connectivity index (χ4v) is 1.48. The molecule has 0 aromatic carbocycles. The molecule has 0 spiro atoms. The van der Waals surface area contributed by atoms with Gasteiger partial charge in [-0.2, -0.15) is 0 Å². The number of carbonyl (C=O) groups is 2. The standard InChI is InChI=1S/C10H16Cl2O6/c11-5-8(14)10(16,9(15)6-12)7-18-4-3-17-2-1-13/h13,16H,1-7H2. The van der Waals surface area contributed by atoms with Gasteiger partial charge in [0.1, 0.15) is 0 Å². The number of carbonyl (C=O) groups excluding carboxylic acids is 2. The highest BCUT2D eigenvalue weighted by atomic mass is 35.5. The second-order valence-corrected chi connectivity index (χ2v) is 3.90. The number of alkyl halides is 2. The average molecular weight is 303 g/mol. The van der Waals surface area contributed by atoms with Gasteiger partial charge in [0.25, 0.3) is 0 Å². The lowest BCUT2D eigenvalue weighted by Gasteiger charge is -2.23. The van der Waals surface area contributed by atoms with Gasteiger partial charge < -0.3 is 19.7 Å². The first-order valence-electron chi connectivity index (χ1n) is 5.20. The summed E-state index contributed by atoms with van der Waals surface area (Å²) in [7, 11) is 0. The Balaban J connectivity index is 4.19. The maximum atomic E-state index is 11.4. The molecule has 0 bridgehead atoms. The van der Waals surface area contributed by atoms with E-state index in [1.165, 1.54) is 0 Å². The van der Waals surface area contributed by atoms with Crippen molar-refractivity contribution >= 4 is 34.8 Å². The molecule has 0 fully saturated rings. The van der Waals surface area contributed by atoms with E-state index in [0.717, 1.165) is 0 Å². The minimum atomic E-state index is -2.31. The van der Waals surface area contributed by atoms with E-state index in [1.807, 2.05) is 0 Å². The van der Waals surface area contributed by atoms with E-state index in [-0.39, 0.29) is 26.4 Å². The number of hydrogen-bond donors (Lipinski definition) is 2. The van der Waals surface area contributed by atoms with Crippen LogP contribution < -0.4 is 0 Å². The van der Waals surface area contributed by atoms with Crippen LogP contribution in [0.5, 0.6) is 0 Å². The van der Waals surface area contributed by atoms with Crippen molar-refractivity contribution in [1.82, 2.24) is 0 Å².